The van der Waals surface area contributed by atoms with Gasteiger partial charge in [-0.1, -0.05) is 5.16 Å². The maximum Gasteiger partial charge on any atom is 0.417 e. The molecule has 1 aromatic heterocycles. The van der Waals surface area contributed by atoms with Crippen molar-refractivity contribution in [1.29, 1.82) is 0 Å². The van der Waals surface area contributed by atoms with Gasteiger partial charge in [0.25, 0.3) is 10.0 Å². The molecule has 1 aromatic carbocycles. The molecule has 1 heterocycles. The van der Waals surface area contributed by atoms with Crippen molar-refractivity contribution < 1.29 is 30.5 Å². The molecule has 0 saturated carbocycles. The number of benzene rings is 1. The van der Waals surface area contributed by atoms with Crippen molar-refractivity contribution in [2.24, 2.45) is 0 Å². The zero-order chi connectivity index (χ0) is 16.7. The Labute approximate surface area is 123 Å². The van der Waals surface area contributed by atoms with E-state index >= 15 is 0 Å². The highest BCUT2D eigenvalue weighted by atomic mass is 32.2. The van der Waals surface area contributed by atoms with Gasteiger partial charge in [-0.15, -0.1) is 0 Å². The van der Waals surface area contributed by atoms with Crippen molar-refractivity contribution in [3.8, 4) is 0 Å². The van der Waals surface area contributed by atoms with Gasteiger partial charge in [0, 0.05) is 5.56 Å². The van der Waals surface area contributed by atoms with Crippen LogP contribution in [0.15, 0.2) is 27.6 Å². The fourth-order valence-electron chi connectivity index (χ4n) is 1.65. The largest absolute Gasteiger partial charge is 0.417 e. The quantitative estimate of drug-likeness (QED) is 0.872. The number of aromatic nitrogens is 1. The second kappa shape index (κ2) is 5.27. The van der Waals surface area contributed by atoms with Crippen LogP contribution in [0.5, 0.6) is 0 Å². The number of alkyl halides is 3. The van der Waals surface area contributed by atoms with E-state index in [9.17, 15) is 26.0 Å². The van der Waals surface area contributed by atoms with Crippen LogP contribution in [0.3, 0.4) is 0 Å². The summed E-state index contributed by atoms with van der Waals surface area (Å²) in [6, 6.07) is 1.29. The average molecular weight is 338 g/mol. The highest BCUT2D eigenvalue weighted by molar-refractivity contribution is 7.92. The molecule has 5 nitrogen and oxygen atoms in total. The minimum atomic E-state index is -5.03. The molecule has 0 fully saturated rings. The molecule has 0 saturated heterocycles. The number of rotatable bonds is 3. The third kappa shape index (κ3) is 3.06. The standard InChI is InChI=1S/C12H10F4N2O3S/c1-6-7(2)17-21-11(6)18-22(19,20)10-4-3-8(13)5-9(10)12(14,15)16/h3-5,18H,1-2H3. The van der Waals surface area contributed by atoms with E-state index in [1.165, 1.54) is 13.8 Å². The van der Waals surface area contributed by atoms with Crippen LogP contribution in [0.25, 0.3) is 0 Å². The highest BCUT2D eigenvalue weighted by Crippen LogP contribution is 2.35. The first-order valence-corrected chi connectivity index (χ1v) is 7.33. The monoisotopic (exact) mass is 338 g/mol. The molecule has 0 aliphatic carbocycles. The van der Waals surface area contributed by atoms with Crippen molar-refractivity contribution >= 4 is 15.9 Å². The first kappa shape index (κ1) is 16.3. The van der Waals surface area contributed by atoms with Gasteiger partial charge >= 0.3 is 6.18 Å². The summed E-state index contributed by atoms with van der Waals surface area (Å²) in [5, 5.41) is 3.50. The number of nitrogens with zero attached hydrogens (tertiary/aromatic N) is 1. The summed E-state index contributed by atoms with van der Waals surface area (Å²) in [7, 11) is -4.62. The first-order valence-electron chi connectivity index (χ1n) is 5.85. The second-order valence-corrected chi connectivity index (χ2v) is 6.12. The summed E-state index contributed by atoms with van der Waals surface area (Å²) >= 11 is 0. The molecule has 1 N–H and O–H groups in total. The van der Waals surface area contributed by atoms with Gasteiger partial charge in [-0.2, -0.15) is 13.2 Å². The lowest BCUT2D eigenvalue weighted by molar-refractivity contribution is -0.140. The smallest absolute Gasteiger partial charge is 0.337 e. The van der Waals surface area contributed by atoms with Gasteiger partial charge in [-0.25, -0.2) is 17.5 Å². The van der Waals surface area contributed by atoms with Crippen molar-refractivity contribution in [3.63, 3.8) is 0 Å². The third-order valence-corrected chi connectivity index (χ3v) is 4.31. The number of nitrogens with one attached hydrogen (secondary N) is 1. The Bertz CT molecular complexity index is 812. The molecule has 120 valence electrons. The van der Waals surface area contributed by atoms with Crippen LogP contribution in [0.1, 0.15) is 16.8 Å². The van der Waals surface area contributed by atoms with E-state index in [4.69, 9.17) is 4.52 Å². The van der Waals surface area contributed by atoms with E-state index in [0.717, 1.165) is 0 Å². The lowest BCUT2D eigenvalue weighted by Gasteiger charge is -2.13. The Balaban J connectivity index is 2.53. The maximum atomic E-state index is 13.0. The van der Waals surface area contributed by atoms with Crippen LogP contribution >= 0.6 is 0 Å². The molecule has 10 heteroatoms. The predicted octanol–water partition coefficient (Wildman–Crippen LogP) is 3.25. The average Bonchev–Trinajstić information content (AvgIpc) is 2.69. The number of anilines is 1. The third-order valence-electron chi connectivity index (χ3n) is 2.92. The number of hydrogen-bond acceptors (Lipinski definition) is 4. The van der Waals surface area contributed by atoms with Gasteiger partial charge in [0.15, 0.2) is 0 Å². The Morgan fingerprint density at radius 2 is 1.86 bits per heavy atom. The zero-order valence-electron chi connectivity index (χ0n) is 11.3. The minimum Gasteiger partial charge on any atom is -0.337 e. The van der Waals surface area contributed by atoms with Gasteiger partial charge in [-0.3, -0.25) is 0 Å². The van der Waals surface area contributed by atoms with Gasteiger partial charge in [-0.05, 0) is 32.0 Å². The number of hydrogen-bond donors (Lipinski definition) is 1. The van der Waals surface area contributed by atoms with E-state index in [0.29, 0.717) is 23.4 Å². The molecule has 22 heavy (non-hydrogen) atoms. The van der Waals surface area contributed by atoms with Crippen LogP contribution in [0.2, 0.25) is 0 Å². The first-order chi connectivity index (χ1) is 10.0. The fraction of sp³-hybridized carbons (Fsp3) is 0.250. The molecule has 0 bridgehead atoms. The lowest BCUT2D eigenvalue weighted by atomic mass is 10.2. The Morgan fingerprint density at radius 1 is 1.23 bits per heavy atom. The minimum absolute atomic E-state index is 0.118. The summed E-state index contributed by atoms with van der Waals surface area (Å²) in [5.41, 5.74) is -0.888. The predicted molar refractivity (Wildman–Crippen MR) is 68.2 cm³/mol. The topological polar surface area (TPSA) is 72.2 Å². The number of aryl methyl sites for hydroxylation is 1. The van der Waals surface area contributed by atoms with Crippen molar-refractivity contribution in [2.75, 3.05) is 4.72 Å². The molecule has 0 radical (unpaired) electrons. The molecular formula is C12H10F4N2O3S. The summed E-state index contributed by atoms with van der Waals surface area (Å²) in [4.78, 5) is -1.10. The summed E-state index contributed by atoms with van der Waals surface area (Å²) in [6.45, 7) is 3.02. The maximum absolute atomic E-state index is 13.0. The van der Waals surface area contributed by atoms with Crippen molar-refractivity contribution in [2.45, 2.75) is 24.9 Å². The van der Waals surface area contributed by atoms with Crippen LogP contribution < -0.4 is 4.72 Å². The molecule has 2 rings (SSSR count). The van der Waals surface area contributed by atoms with Gasteiger partial charge in [0.05, 0.1) is 16.2 Å². The lowest BCUT2D eigenvalue weighted by Crippen LogP contribution is -2.19. The SMILES string of the molecule is Cc1noc(NS(=O)(=O)c2ccc(F)cc2C(F)(F)F)c1C. The van der Waals surface area contributed by atoms with Gasteiger partial charge in [0.2, 0.25) is 5.88 Å². The van der Waals surface area contributed by atoms with Crippen LogP contribution in [0, 0.1) is 19.7 Å². The van der Waals surface area contributed by atoms with E-state index in [-0.39, 0.29) is 12.0 Å². The molecule has 0 amide bonds. The fourth-order valence-corrected chi connectivity index (χ4v) is 2.90. The molecule has 0 unspecified atom stereocenters. The zero-order valence-corrected chi connectivity index (χ0v) is 12.1. The molecule has 0 atom stereocenters. The molecule has 0 aliphatic heterocycles. The van der Waals surface area contributed by atoms with E-state index in [1.54, 1.807) is 0 Å². The molecule has 2 aromatic rings. The van der Waals surface area contributed by atoms with E-state index in [2.05, 4.69) is 5.16 Å². The molecular weight excluding hydrogens is 328 g/mol. The van der Waals surface area contributed by atoms with Crippen LogP contribution in [0.4, 0.5) is 23.4 Å². The van der Waals surface area contributed by atoms with Crippen LogP contribution in [-0.4, -0.2) is 13.6 Å². The highest BCUT2D eigenvalue weighted by Gasteiger charge is 2.38. The number of halogens is 4. The second-order valence-electron chi connectivity index (χ2n) is 4.47. The number of sulfonamides is 1. The van der Waals surface area contributed by atoms with E-state index < -0.39 is 32.5 Å². The van der Waals surface area contributed by atoms with E-state index in [1.807, 2.05) is 4.72 Å². The Hall–Kier alpha value is -2.10. The van der Waals surface area contributed by atoms with Crippen LogP contribution in [-0.2, 0) is 16.2 Å². The Kier molecular flexibility index (Phi) is 3.90. The molecule has 0 spiro atoms. The Morgan fingerprint density at radius 3 is 2.36 bits per heavy atom. The summed E-state index contributed by atoms with van der Waals surface area (Å²) in [6.07, 6.45) is -5.03. The van der Waals surface area contributed by atoms with Gasteiger partial charge < -0.3 is 4.52 Å². The van der Waals surface area contributed by atoms with Crippen molar-refractivity contribution in [3.05, 3.63) is 40.8 Å². The van der Waals surface area contributed by atoms with Crippen molar-refractivity contribution in [1.82, 2.24) is 5.16 Å². The normalized spacial score (nSPS) is 12.5. The summed E-state index contributed by atoms with van der Waals surface area (Å²) in [5.74, 6) is -1.49. The van der Waals surface area contributed by atoms with Gasteiger partial charge in [0.1, 0.15) is 5.82 Å². The summed E-state index contributed by atoms with van der Waals surface area (Å²) < 4.78 is 82.5. The molecule has 0 aliphatic rings.